The molecule has 0 aliphatic carbocycles. The largest absolute Gasteiger partial charge is 0.504 e. The molecule has 0 saturated heterocycles. The average Bonchev–Trinajstić information content (AvgIpc) is 3.15. The lowest BCUT2D eigenvalue weighted by atomic mass is 9.97. The van der Waals surface area contributed by atoms with Crippen molar-refractivity contribution in [1.82, 2.24) is 0 Å². The minimum atomic E-state index is 0.186. The zero-order valence-electron chi connectivity index (χ0n) is 14.1. The quantitative estimate of drug-likeness (QED) is 0.371. The van der Waals surface area contributed by atoms with Crippen molar-refractivity contribution >= 4 is 34.2 Å². The summed E-state index contributed by atoms with van der Waals surface area (Å²) in [4.78, 5) is 0. The van der Waals surface area contributed by atoms with E-state index in [0.717, 1.165) is 22.0 Å². The summed E-state index contributed by atoms with van der Waals surface area (Å²) in [5.41, 5.74) is 3.46. The van der Waals surface area contributed by atoms with E-state index >= 15 is 0 Å². The number of phenols is 1. The van der Waals surface area contributed by atoms with Gasteiger partial charge in [0.2, 0.25) is 0 Å². The third kappa shape index (κ3) is 4.64. The van der Waals surface area contributed by atoms with Crippen LogP contribution < -0.4 is 4.74 Å². The van der Waals surface area contributed by atoms with Crippen LogP contribution in [-0.2, 0) is 4.74 Å². The summed E-state index contributed by atoms with van der Waals surface area (Å²) < 4.78 is 11.7. The lowest BCUT2D eigenvalue weighted by Crippen LogP contribution is -2.04. The van der Waals surface area contributed by atoms with E-state index in [0.29, 0.717) is 12.4 Å². The van der Waals surface area contributed by atoms with Crippen LogP contribution in [0, 0.1) is 3.57 Å². The Bertz CT molecular complexity index is 781. The second-order valence-corrected chi connectivity index (χ2v) is 7.09. The number of benzene rings is 2. The second kappa shape index (κ2) is 8.54. The molecule has 1 heterocycles. The average molecular weight is 448 g/mol. The van der Waals surface area contributed by atoms with Crippen molar-refractivity contribution in [2.75, 3.05) is 13.7 Å². The van der Waals surface area contributed by atoms with Crippen LogP contribution in [0.2, 0.25) is 0 Å². The SMILES string of the molecule is COc1cc(/C=C(/CC[C@@H]2C=CCO2)c2ccccc2)cc(I)c1O. The molecule has 130 valence electrons. The first-order valence-electron chi connectivity index (χ1n) is 8.28. The predicted octanol–water partition coefficient (Wildman–Crippen LogP) is 5.28. The van der Waals surface area contributed by atoms with Crippen molar-refractivity contribution in [2.24, 2.45) is 0 Å². The Balaban J connectivity index is 1.91. The molecule has 0 amide bonds. The highest BCUT2D eigenvalue weighted by molar-refractivity contribution is 14.1. The lowest BCUT2D eigenvalue weighted by molar-refractivity contribution is 0.123. The molecule has 3 nitrogen and oxygen atoms in total. The van der Waals surface area contributed by atoms with Crippen LogP contribution >= 0.6 is 22.6 Å². The molecular weight excluding hydrogens is 427 g/mol. The number of hydrogen-bond acceptors (Lipinski definition) is 3. The number of methoxy groups -OCH3 is 1. The highest BCUT2D eigenvalue weighted by Gasteiger charge is 2.13. The van der Waals surface area contributed by atoms with Gasteiger partial charge in [-0.1, -0.05) is 48.6 Å². The Labute approximate surface area is 162 Å². The zero-order chi connectivity index (χ0) is 17.6. The first-order valence-corrected chi connectivity index (χ1v) is 9.36. The highest BCUT2D eigenvalue weighted by atomic mass is 127. The molecule has 4 heteroatoms. The third-order valence-corrected chi connectivity index (χ3v) is 5.03. The zero-order valence-corrected chi connectivity index (χ0v) is 16.3. The van der Waals surface area contributed by atoms with Gasteiger partial charge in [-0.2, -0.15) is 0 Å². The van der Waals surface area contributed by atoms with E-state index in [2.05, 4.69) is 65.1 Å². The number of phenolic OH excluding ortho intramolecular Hbond substituents is 1. The summed E-state index contributed by atoms with van der Waals surface area (Å²) in [6, 6.07) is 14.2. The van der Waals surface area contributed by atoms with Crippen molar-refractivity contribution < 1.29 is 14.6 Å². The van der Waals surface area contributed by atoms with E-state index in [4.69, 9.17) is 9.47 Å². The van der Waals surface area contributed by atoms with Crippen molar-refractivity contribution in [1.29, 1.82) is 0 Å². The van der Waals surface area contributed by atoms with Gasteiger partial charge in [-0.3, -0.25) is 0 Å². The maximum Gasteiger partial charge on any atom is 0.171 e. The van der Waals surface area contributed by atoms with Gasteiger partial charge in [0.1, 0.15) is 0 Å². The molecular formula is C21H21IO3. The first kappa shape index (κ1) is 18.0. The number of aromatic hydroxyl groups is 1. The van der Waals surface area contributed by atoms with Gasteiger partial charge in [0.05, 0.1) is 23.4 Å². The maximum absolute atomic E-state index is 10.0. The Morgan fingerprint density at radius 3 is 2.80 bits per heavy atom. The molecule has 0 unspecified atom stereocenters. The van der Waals surface area contributed by atoms with Gasteiger partial charge in [0.25, 0.3) is 0 Å². The Hall–Kier alpha value is -1.79. The van der Waals surface area contributed by atoms with Gasteiger partial charge in [-0.25, -0.2) is 0 Å². The van der Waals surface area contributed by atoms with Gasteiger partial charge in [0.15, 0.2) is 11.5 Å². The third-order valence-electron chi connectivity index (χ3n) is 4.21. The molecule has 0 saturated carbocycles. The summed E-state index contributed by atoms with van der Waals surface area (Å²) >= 11 is 2.12. The van der Waals surface area contributed by atoms with Gasteiger partial charge < -0.3 is 14.6 Å². The van der Waals surface area contributed by atoms with E-state index in [1.807, 2.05) is 18.2 Å². The maximum atomic E-state index is 10.0. The molecule has 2 aromatic carbocycles. The number of rotatable bonds is 6. The Morgan fingerprint density at radius 1 is 1.32 bits per heavy atom. The predicted molar refractivity (Wildman–Crippen MR) is 110 cm³/mol. The Kier molecular flexibility index (Phi) is 6.15. The summed E-state index contributed by atoms with van der Waals surface area (Å²) in [6.45, 7) is 0.711. The van der Waals surface area contributed by atoms with E-state index < -0.39 is 0 Å². The number of halogens is 1. The summed E-state index contributed by atoms with van der Waals surface area (Å²) in [5.74, 6) is 0.679. The second-order valence-electron chi connectivity index (χ2n) is 5.93. The minimum absolute atomic E-state index is 0.186. The fourth-order valence-corrected chi connectivity index (χ4v) is 3.53. The molecule has 1 aliphatic rings. The van der Waals surface area contributed by atoms with Crippen LogP contribution in [0.5, 0.6) is 11.5 Å². The molecule has 1 aliphatic heterocycles. The van der Waals surface area contributed by atoms with E-state index in [1.165, 1.54) is 11.1 Å². The molecule has 3 rings (SSSR count). The van der Waals surface area contributed by atoms with Crippen molar-refractivity contribution in [3.05, 3.63) is 69.3 Å². The van der Waals surface area contributed by atoms with Crippen molar-refractivity contribution in [3.63, 3.8) is 0 Å². The van der Waals surface area contributed by atoms with E-state index in [9.17, 15) is 5.11 Å². The molecule has 25 heavy (non-hydrogen) atoms. The van der Waals surface area contributed by atoms with Gasteiger partial charge >= 0.3 is 0 Å². The molecule has 1 N–H and O–H groups in total. The van der Waals surface area contributed by atoms with Crippen LogP contribution in [0.1, 0.15) is 24.0 Å². The summed E-state index contributed by atoms with van der Waals surface area (Å²) in [5, 5.41) is 10.0. The van der Waals surface area contributed by atoms with Gasteiger partial charge in [-0.15, -0.1) is 0 Å². The minimum Gasteiger partial charge on any atom is -0.504 e. The van der Waals surface area contributed by atoms with Crippen LogP contribution in [0.25, 0.3) is 11.6 Å². The molecule has 0 bridgehead atoms. The molecule has 2 aromatic rings. The number of allylic oxidation sites excluding steroid dienone is 1. The van der Waals surface area contributed by atoms with Gasteiger partial charge in [0, 0.05) is 0 Å². The molecule has 0 radical (unpaired) electrons. The first-order chi connectivity index (χ1) is 12.2. The van der Waals surface area contributed by atoms with Crippen molar-refractivity contribution in [3.8, 4) is 11.5 Å². The Morgan fingerprint density at radius 2 is 2.12 bits per heavy atom. The molecule has 0 aromatic heterocycles. The monoisotopic (exact) mass is 448 g/mol. The fourth-order valence-electron chi connectivity index (χ4n) is 2.91. The van der Waals surface area contributed by atoms with Crippen LogP contribution in [0.15, 0.2) is 54.6 Å². The van der Waals surface area contributed by atoms with E-state index in [1.54, 1.807) is 7.11 Å². The lowest BCUT2D eigenvalue weighted by Gasteiger charge is -2.13. The smallest absolute Gasteiger partial charge is 0.171 e. The van der Waals surface area contributed by atoms with Crippen molar-refractivity contribution in [2.45, 2.75) is 18.9 Å². The molecule has 0 fully saturated rings. The van der Waals surface area contributed by atoms with Gasteiger partial charge in [-0.05, 0) is 64.3 Å². The number of hydrogen-bond donors (Lipinski definition) is 1. The van der Waals surface area contributed by atoms with Crippen LogP contribution in [0.4, 0.5) is 0 Å². The van der Waals surface area contributed by atoms with Crippen LogP contribution in [0.3, 0.4) is 0 Å². The highest BCUT2D eigenvalue weighted by Crippen LogP contribution is 2.34. The summed E-state index contributed by atoms with van der Waals surface area (Å²) in [6.07, 6.45) is 8.43. The normalized spacial score (nSPS) is 17.0. The van der Waals surface area contributed by atoms with Crippen LogP contribution in [-0.4, -0.2) is 24.9 Å². The molecule has 0 spiro atoms. The number of ether oxygens (including phenoxy) is 2. The standard InChI is InChI=1S/C21H21IO3/c1-24-20-14-15(13-19(22)21(20)23)12-17(16-6-3-2-4-7-16)9-10-18-8-5-11-25-18/h2-8,12-14,18,23H,9-11H2,1H3/b17-12-/t18-/m0/s1. The fraction of sp³-hybridized carbons (Fsp3) is 0.238. The van der Waals surface area contributed by atoms with E-state index in [-0.39, 0.29) is 11.9 Å². The topological polar surface area (TPSA) is 38.7 Å². The molecule has 1 atom stereocenters. The summed E-state index contributed by atoms with van der Waals surface area (Å²) in [7, 11) is 1.57.